The van der Waals surface area contributed by atoms with Gasteiger partial charge in [0, 0.05) is 11.0 Å². The van der Waals surface area contributed by atoms with Gasteiger partial charge in [-0.1, -0.05) is 34.1 Å². The quantitative estimate of drug-likeness (QED) is 0.915. The minimum Gasteiger partial charge on any atom is -0.489 e. The number of nitrogens with two attached hydrogens (primary N) is 1. The van der Waals surface area contributed by atoms with Gasteiger partial charge in [0.15, 0.2) is 5.75 Å². The van der Waals surface area contributed by atoms with Crippen LogP contribution in [0.1, 0.15) is 5.56 Å². The van der Waals surface area contributed by atoms with Gasteiger partial charge in [-0.25, -0.2) is 0 Å². The summed E-state index contributed by atoms with van der Waals surface area (Å²) in [4.78, 5) is 0. The lowest BCUT2D eigenvalue weighted by molar-refractivity contribution is 0.328. The molecule has 0 atom stereocenters. The zero-order chi connectivity index (χ0) is 12.1. The smallest absolute Gasteiger partial charge is 0.157 e. The van der Waals surface area contributed by atoms with Crippen LogP contribution in [0, 0.1) is 0 Å². The zero-order valence-electron chi connectivity index (χ0n) is 9.75. The first-order valence-electron chi connectivity index (χ1n) is 5.38. The summed E-state index contributed by atoms with van der Waals surface area (Å²) in [7, 11) is 0. The summed E-state index contributed by atoms with van der Waals surface area (Å²) in [5, 5.41) is 4.24. The molecule has 4 nitrogen and oxygen atoms in total. The van der Waals surface area contributed by atoms with Crippen LogP contribution in [0.5, 0.6) is 5.75 Å². The number of hydrogen-bond acceptors (Lipinski definition) is 3. The SMILES string of the molecule is Cl.NCCOc1cnn(Cc2ccccc2Br)c1. The summed E-state index contributed by atoms with van der Waals surface area (Å²) < 4.78 is 8.31. The predicted molar refractivity (Wildman–Crippen MR) is 77.3 cm³/mol. The van der Waals surface area contributed by atoms with Gasteiger partial charge in [0.25, 0.3) is 0 Å². The van der Waals surface area contributed by atoms with E-state index in [2.05, 4.69) is 27.1 Å². The van der Waals surface area contributed by atoms with Crippen molar-refractivity contribution in [3.8, 4) is 5.75 Å². The van der Waals surface area contributed by atoms with Crippen LogP contribution in [-0.4, -0.2) is 22.9 Å². The molecule has 0 bridgehead atoms. The zero-order valence-corrected chi connectivity index (χ0v) is 12.2. The number of nitrogens with zero attached hydrogens (tertiary/aromatic N) is 2. The van der Waals surface area contributed by atoms with Gasteiger partial charge in [-0.15, -0.1) is 12.4 Å². The molecule has 0 saturated heterocycles. The van der Waals surface area contributed by atoms with E-state index < -0.39 is 0 Å². The van der Waals surface area contributed by atoms with Crippen molar-refractivity contribution in [3.63, 3.8) is 0 Å². The fraction of sp³-hybridized carbons (Fsp3) is 0.250. The largest absolute Gasteiger partial charge is 0.489 e. The molecule has 0 unspecified atom stereocenters. The summed E-state index contributed by atoms with van der Waals surface area (Å²) in [6.45, 7) is 1.74. The second kappa shape index (κ2) is 7.41. The third-order valence-electron chi connectivity index (χ3n) is 2.29. The first-order valence-corrected chi connectivity index (χ1v) is 6.17. The Kier molecular flexibility index (Phi) is 6.18. The van der Waals surface area contributed by atoms with Crippen molar-refractivity contribution in [2.24, 2.45) is 5.73 Å². The highest BCUT2D eigenvalue weighted by molar-refractivity contribution is 9.10. The van der Waals surface area contributed by atoms with Crippen molar-refractivity contribution >= 4 is 28.3 Å². The molecular weight excluding hydrogens is 318 g/mol. The van der Waals surface area contributed by atoms with Gasteiger partial charge in [-0.3, -0.25) is 4.68 Å². The fourth-order valence-corrected chi connectivity index (χ4v) is 1.89. The van der Waals surface area contributed by atoms with Gasteiger partial charge in [0.1, 0.15) is 6.61 Å². The number of aromatic nitrogens is 2. The van der Waals surface area contributed by atoms with Crippen LogP contribution in [0.4, 0.5) is 0 Å². The molecule has 0 spiro atoms. The van der Waals surface area contributed by atoms with Gasteiger partial charge in [0.2, 0.25) is 0 Å². The van der Waals surface area contributed by atoms with Crippen LogP contribution in [0.2, 0.25) is 0 Å². The lowest BCUT2D eigenvalue weighted by Crippen LogP contribution is -2.10. The maximum absolute atomic E-state index is 5.38. The molecule has 18 heavy (non-hydrogen) atoms. The number of benzene rings is 1. The lowest BCUT2D eigenvalue weighted by atomic mass is 10.2. The van der Waals surface area contributed by atoms with E-state index in [-0.39, 0.29) is 12.4 Å². The Balaban J connectivity index is 0.00000162. The second-order valence-electron chi connectivity index (χ2n) is 3.60. The highest BCUT2D eigenvalue weighted by atomic mass is 79.9. The summed E-state index contributed by atoms with van der Waals surface area (Å²) in [6, 6.07) is 8.08. The fourth-order valence-electron chi connectivity index (χ4n) is 1.48. The van der Waals surface area contributed by atoms with Crippen LogP contribution in [0.3, 0.4) is 0 Å². The molecule has 1 aromatic heterocycles. The van der Waals surface area contributed by atoms with Gasteiger partial charge >= 0.3 is 0 Å². The Morgan fingerprint density at radius 2 is 2.11 bits per heavy atom. The minimum absolute atomic E-state index is 0. The van der Waals surface area contributed by atoms with E-state index in [9.17, 15) is 0 Å². The molecule has 0 aliphatic rings. The molecule has 0 radical (unpaired) electrons. The van der Waals surface area contributed by atoms with E-state index in [1.165, 1.54) is 5.56 Å². The highest BCUT2D eigenvalue weighted by Crippen LogP contribution is 2.17. The monoisotopic (exact) mass is 331 g/mol. The molecule has 98 valence electrons. The Morgan fingerprint density at radius 1 is 1.33 bits per heavy atom. The lowest BCUT2D eigenvalue weighted by Gasteiger charge is -2.04. The first-order chi connectivity index (χ1) is 8.29. The normalized spacial score (nSPS) is 9.89. The van der Waals surface area contributed by atoms with Gasteiger partial charge in [-0.2, -0.15) is 5.10 Å². The van der Waals surface area contributed by atoms with Crippen molar-refractivity contribution in [1.82, 2.24) is 9.78 Å². The van der Waals surface area contributed by atoms with Crippen LogP contribution >= 0.6 is 28.3 Å². The third kappa shape index (κ3) is 4.01. The molecule has 0 amide bonds. The molecule has 1 heterocycles. The first kappa shape index (κ1) is 15.0. The van der Waals surface area contributed by atoms with Crippen LogP contribution < -0.4 is 10.5 Å². The molecule has 0 aliphatic carbocycles. The van der Waals surface area contributed by atoms with E-state index in [0.29, 0.717) is 19.7 Å². The Hall–Kier alpha value is -1.04. The molecule has 1 aromatic carbocycles. The summed E-state index contributed by atoms with van der Waals surface area (Å²) >= 11 is 3.51. The molecule has 0 fully saturated rings. The van der Waals surface area contributed by atoms with Gasteiger partial charge in [-0.05, 0) is 11.6 Å². The summed E-state index contributed by atoms with van der Waals surface area (Å²) in [6.07, 6.45) is 3.57. The standard InChI is InChI=1S/C12H14BrN3O.ClH/c13-12-4-2-1-3-10(12)8-16-9-11(7-15-16)17-6-5-14;/h1-4,7,9H,5-6,8,14H2;1H. The van der Waals surface area contributed by atoms with E-state index in [0.717, 1.165) is 10.2 Å². The second-order valence-corrected chi connectivity index (χ2v) is 4.46. The van der Waals surface area contributed by atoms with E-state index in [1.807, 2.05) is 29.1 Å². The molecule has 2 aromatic rings. The molecule has 2 rings (SSSR count). The van der Waals surface area contributed by atoms with E-state index >= 15 is 0 Å². The topological polar surface area (TPSA) is 53.1 Å². The molecule has 6 heteroatoms. The molecule has 2 N–H and O–H groups in total. The highest BCUT2D eigenvalue weighted by Gasteiger charge is 2.02. The number of hydrogen-bond donors (Lipinski definition) is 1. The van der Waals surface area contributed by atoms with E-state index in [1.54, 1.807) is 6.20 Å². The van der Waals surface area contributed by atoms with E-state index in [4.69, 9.17) is 10.5 Å². The summed E-state index contributed by atoms with van der Waals surface area (Å²) in [5.74, 6) is 0.752. The average Bonchev–Trinajstić information content (AvgIpc) is 2.77. The van der Waals surface area contributed by atoms with Crippen molar-refractivity contribution in [3.05, 3.63) is 46.7 Å². The van der Waals surface area contributed by atoms with Crippen molar-refractivity contribution in [2.75, 3.05) is 13.2 Å². The average molecular weight is 333 g/mol. The Bertz CT molecular complexity index is 490. The Morgan fingerprint density at radius 3 is 2.83 bits per heavy atom. The number of halogens is 2. The number of ether oxygens (including phenoxy) is 1. The van der Waals surface area contributed by atoms with Crippen molar-refractivity contribution < 1.29 is 4.74 Å². The van der Waals surface area contributed by atoms with Crippen LogP contribution in [0.15, 0.2) is 41.1 Å². The maximum atomic E-state index is 5.38. The minimum atomic E-state index is 0. The van der Waals surface area contributed by atoms with Crippen LogP contribution in [0.25, 0.3) is 0 Å². The van der Waals surface area contributed by atoms with Gasteiger partial charge < -0.3 is 10.5 Å². The van der Waals surface area contributed by atoms with Crippen molar-refractivity contribution in [2.45, 2.75) is 6.54 Å². The molecule has 0 saturated carbocycles. The van der Waals surface area contributed by atoms with Gasteiger partial charge in [0.05, 0.1) is 18.9 Å². The van der Waals surface area contributed by atoms with Crippen LogP contribution in [-0.2, 0) is 6.54 Å². The summed E-state index contributed by atoms with van der Waals surface area (Å²) in [5.41, 5.74) is 6.55. The maximum Gasteiger partial charge on any atom is 0.157 e. The van der Waals surface area contributed by atoms with Crippen molar-refractivity contribution in [1.29, 1.82) is 0 Å². The third-order valence-corrected chi connectivity index (χ3v) is 3.06. The number of rotatable bonds is 5. The predicted octanol–water partition coefficient (Wildman–Crippen LogP) is 2.45. The Labute approximate surface area is 121 Å². The molecule has 0 aliphatic heterocycles. The molecular formula is C12H15BrClN3O.